The number of hydrogen-bond acceptors (Lipinski definition) is 5. The van der Waals surface area contributed by atoms with Gasteiger partial charge < -0.3 is 4.57 Å². The summed E-state index contributed by atoms with van der Waals surface area (Å²) in [5.74, 6) is 1.14. The van der Waals surface area contributed by atoms with Gasteiger partial charge in [0.15, 0.2) is 5.13 Å². The van der Waals surface area contributed by atoms with E-state index in [0.29, 0.717) is 17.5 Å². The lowest BCUT2D eigenvalue weighted by Crippen LogP contribution is -2.32. The monoisotopic (exact) mass is 375 g/mol. The van der Waals surface area contributed by atoms with Crippen molar-refractivity contribution in [1.82, 2.24) is 19.7 Å². The first-order chi connectivity index (χ1) is 13.3. The predicted molar refractivity (Wildman–Crippen MR) is 105 cm³/mol. The van der Waals surface area contributed by atoms with Crippen molar-refractivity contribution in [3.8, 4) is 0 Å². The summed E-state index contributed by atoms with van der Waals surface area (Å²) >= 11 is 1.52. The third-order valence-corrected chi connectivity index (χ3v) is 5.80. The van der Waals surface area contributed by atoms with Gasteiger partial charge in [0.05, 0.1) is 16.8 Å². The van der Waals surface area contributed by atoms with Crippen LogP contribution < -0.4 is 4.90 Å². The Morgan fingerprint density at radius 3 is 2.74 bits per heavy atom. The number of rotatable bonds is 4. The highest BCUT2D eigenvalue weighted by Crippen LogP contribution is 2.31. The zero-order valence-corrected chi connectivity index (χ0v) is 15.4. The summed E-state index contributed by atoms with van der Waals surface area (Å²) in [7, 11) is 0. The van der Waals surface area contributed by atoms with Gasteiger partial charge in [0, 0.05) is 13.0 Å². The molecule has 0 saturated heterocycles. The minimum Gasteiger partial charge on any atom is -0.307 e. The number of nitrogens with zero attached hydrogens (tertiary/aromatic N) is 5. The molecule has 3 heterocycles. The lowest BCUT2D eigenvalue weighted by molar-refractivity contribution is 0.0971. The van der Waals surface area contributed by atoms with E-state index in [-0.39, 0.29) is 5.91 Å². The number of aromatic nitrogens is 4. The molecule has 6 nitrogen and oxygen atoms in total. The van der Waals surface area contributed by atoms with Crippen molar-refractivity contribution < 1.29 is 4.79 Å². The number of para-hydroxylation sites is 1. The van der Waals surface area contributed by atoms with Crippen LogP contribution in [-0.4, -0.2) is 25.7 Å². The number of aryl methyl sites for hydroxylation is 1. The number of fused-ring (bicyclic) bond motifs is 2. The van der Waals surface area contributed by atoms with Crippen molar-refractivity contribution in [1.29, 1.82) is 0 Å². The Hall–Kier alpha value is -3.06. The number of anilines is 1. The smallest absolute Gasteiger partial charge is 0.298 e. The summed E-state index contributed by atoms with van der Waals surface area (Å²) in [4.78, 5) is 19.8. The van der Waals surface area contributed by atoms with E-state index in [1.54, 1.807) is 4.90 Å². The van der Waals surface area contributed by atoms with Crippen LogP contribution in [0.25, 0.3) is 10.2 Å². The van der Waals surface area contributed by atoms with Crippen molar-refractivity contribution >= 4 is 32.6 Å². The van der Waals surface area contributed by atoms with Gasteiger partial charge in [-0.2, -0.15) is 0 Å². The molecule has 4 aromatic rings. The van der Waals surface area contributed by atoms with Gasteiger partial charge in [0.25, 0.3) is 5.91 Å². The van der Waals surface area contributed by atoms with Gasteiger partial charge in [-0.25, -0.2) is 4.98 Å². The molecule has 5 rings (SSSR count). The summed E-state index contributed by atoms with van der Waals surface area (Å²) < 4.78 is 3.00. The van der Waals surface area contributed by atoms with Crippen molar-refractivity contribution in [3.05, 3.63) is 71.8 Å². The highest BCUT2D eigenvalue weighted by molar-refractivity contribution is 7.22. The number of carbonyl (C=O) groups is 1. The first kappa shape index (κ1) is 16.1. The molecule has 0 atom stereocenters. The number of benzene rings is 2. The van der Waals surface area contributed by atoms with Gasteiger partial charge in [-0.05, 0) is 24.1 Å². The van der Waals surface area contributed by atoms with E-state index in [1.807, 2.05) is 59.2 Å². The summed E-state index contributed by atoms with van der Waals surface area (Å²) in [6, 6.07) is 17.9. The second-order valence-corrected chi connectivity index (χ2v) is 7.55. The fourth-order valence-electron chi connectivity index (χ4n) is 3.40. The molecule has 27 heavy (non-hydrogen) atoms. The summed E-state index contributed by atoms with van der Waals surface area (Å²) in [6.07, 6.45) is 1.88. The molecule has 0 aliphatic carbocycles. The zero-order valence-electron chi connectivity index (χ0n) is 14.6. The maximum Gasteiger partial charge on any atom is 0.298 e. The molecule has 0 spiro atoms. The second kappa shape index (κ2) is 6.59. The summed E-state index contributed by atoms with van der Waals surface area (Å²) in [6.45, 7) is 1.24. The molecule has 7 heteroatoms. The maximum absolute atomic E-state index is 13.4. The van der Waals surface area contributed by atoms with E-state index in [2.05, 4.69) is 10.2 Å². The van der Waals surface area contributed by atoms with Crippen LogP contribution in [0.2, 0.25) is 0 Å². The highest BCUT2D eigenvalue weighted by atomic mass is 32.1. The Bertz CT molecular complexity index is 1080. The van der Waals surface area contributed by atoms with E-state index < -0.39 is 0 Å². The van der Waals surface area contributed by atoms with Gasteiger partial charge in [0.2, 0.25) is 5.82 Å². The molecule has 0 N–H and O–H groups in total. The Balaban J connectivity index is 1.57. The second-order valence-electron chi connectivity index (χ2n) is 6.54. The molecule has 1 amide bonds. The number of amides is 1. The first-order valence-electron chi connectivity index (χ1n) is 8.93. The third-order valence-electron chi connectivity index (χ3n) is 4.74. The molecule has 1 aliphatic rings. The topological polar surface area (TPSA) is 63.9 Å². The minimum atomic E-state index is -0.154. The van der Waals surface area contributed by atoms with Crippen LogP contribution in [0.4, 0.5) is 5.13 Å². The minimum absolute atomic E-state index is 0.154. The molecule has 2 aromatic heterocycles. The standard InChI is InChI=1S/C20H17N5OS/c26-19(18-23-22-17-11-6-12-24(17)18)25(13-14-7-2-1-3-8-14)20-21-15-9-4-5-10-16(15)27-20/h1-5,7-10H,6,11-13H2. The normalized spacial score (nSPS) is 13.0. The first-order valence-corrected chi connectivity index (χ1v) is 9.75. The van der Waals surface area contributed by atoms with Crippen LogP contribution in [0, 0.1) is 0 Å². The largest absolute Gasteiger partial charge is 0.307 e. The van der Waals surface area contributed by atoms with Gasteiger partial charge >= 0.3 is 0 Å². The molecule has 0 unspecified atom stereocenters. The number of carbonyl (C=O) groups excluding carboxylic acids is 1. The summed E-state index contributed by atoms with van der Waals surface area (Å²) in [5, 5.41) is 9.05. The molecular weight excluding hydrogens is 358 g/mol. The van der Waals surface area contributed by atoms with E-state index in [4.69, 9.17) is 4.98 Å². The van der Waals surface area contributed by atoms with Crippen LogP contribution in [0.5, 0.6) is 0 Å². The Labute approximate surface area is 160 Å². The van der Waals surface area contributed by atoms with E-state index in [9.17, 15) is 4.79 Å². The van der Waals surface area contributed by atoms with Crippen LogP contribution in [0.15, 0.2) is 54.6 Å². The molecule has 0 bridgehead atoms. The molecular formula is C20H17N5OS. The Kier molecular flexibility index (Phi) is 3.94. The molecule has 0 radical (unpaired) electrons. The third kappa shape index (κ3) is 2.90. The van der Waals surface area contributed by atoms with Crippen LogP contribution >= 0.6 is 11.3 Å². The van der Waals surface area contributed by atoms with Gasteiger partial charge in [-0.3, -0.25) is 9.69 Å². The van der Waals surface area contributed by atoms with Gasteiger partial charge in [0.1, 0.15) is 5.82 Å². The van der Waals surface area contributed by atoms with E-state index >= 15 is 0 Å². The van der Waals surface area contributed by atoms with Crippen molar-refractivity contribution in [3.63, 3.8) is 0 Å². The van der Waals surface area contributed by atoms with Crippen LogP contribution in [0.1, 0.15) is 28.4 Å². The lowest BCUT2D eigenvalue weighted by atomic mass is 10.2. The van der Waals surface area contributed by atoms with Gasteiger partial charge in [-0.15, -0.1) is 10.2 Å². The fraction of sp³-hybridized carbons (Fsp3) is 0.200. The van der Waals surface area contributed by atoms with Crippen molar-refractivity contribution in [2.75, 3.05) is 4.90 Å². The number of hydrogen-bond donors (Lipinski definition) is 0. The van der Waals surface area contributed by atoms with Crippen LogP contribution in [0.3, 0.4) is 0 Å². The van der Waals surface area contributed by atoms with E-state index in [0.717, 1.165) is 41.0 Å². The van der Waals surface area contributed by atoms with Crippen molar-refractivity contribution in [2.24, 2.45) is 0 Å². The SMILES string of the molecule is O=C(c1nnc2n1CCC2)N(Cc1ccccc1)c1nc2ccccc2s1. The molecule has 1 aliphatic heterocycles. The maximum atomic E-state index is 13.4. The Morgan fingerprint density at radius 1 is 1.07 bits per heavy atom. The average molecular weight is 375 g/mol. The molecule has 0 fully saturated rings. The molecule has 2 aromatic carbocycles. The van der Waals surface area contributed by atoms with Gasteiger partial charge in [-0.1, -0.05) is 53.8 Å². The molecule has 134 valence electrons. The fourth-order valence-corrected chi connectivity index (χ4v) is 4.36. The lowest BCUT2D eigenvalue weighted by Gasteiger charge is -2.19. The quantitative estimate of drug-likeness (QED) is 0.546. The predicted octanol–water partition coefficient (Wildman–Crippen LogP) is 3.68. The zero-order chi connectivity index (χ0) is 18.2. The summed E-state index contributed by atoms with van der Waals surface area (Å²) in [5.41, 5.74) is 1.95. The van der Waals surface area contributed by atoms with Crippen LogP contribution in [-0.2, 0) is 19.5 Å². The Morgan fingerprint density at radius 2 is 1.89 bits per heavy atom. The van der Waals surface area contributed by atoms with Crippen molar-refractivity contribution in [2.45, 2.75) is 25.9 Å². The average Bonchev–Trinajstić information content (AvgIpc) is 3.41. The molecule has 0 saturated carbocycles. The van der Waals surface area contributed by atoms with E-state index in [1.165, 1.54) is 11.3 Å². The number of thiazole rings is 1. The highest BCUT2D eigenvalue weighted by Gasteiger charge is 2.29.